The topological polar surface area (TPSA) is 70.7 Å². The van der Waals surface area contributed by atoms with Crippen LogP contribution in [0.1, 0.15) is 25.3 Å². The third-order valence-corrected chi connectivity index (χ3v) is 4.28. The zero-order valence-electron chi connectivity index (χ0n) is 13.8. The average molecular weight is 354 g/mol. The summed E-state index contributed by atoms with van der Waals surface area (Å²) in [5.74, 6) is 0.0133. The van der Waals surface area contributed by atoms with E-state index < -0.39 is 0 Å². The number of fused-ring (bicyclic) bond motifs is 1. The lowest BCUT2D eigenvalue weighted by Gasteiger charge is -2.32. The Kier molecular flexibility index (Phi) is 6.60. The second-order valence-electron chi connectivity index (χ2n) is 6.06. The van der Waals surface area contributed by atoms with Crippen LogP contribution in [0.15, 0.2) is 18.2 Å². The van der Waals surface area contributed by atoms with Gasteiger partial charge in [0.15, 0.2) is 0 Å². The summed E-state index contributed by atoms with van der Waals surface area (Å²) in [6.45, 7) is 4.31. The summed E-state index contributed by atoms with van der Waals surface area (Å²) in [5, 5.41) is 6.19. The number of benzene rings is 1. The van der Waals surface area contributed by atoms with Crippen LogP contribution in [-0.4, -0.2) is 44.2 Å². The first-order valence-corrected chi connectivity index (χ1v) is 8.16. The quantitative estimate of drug-likeness (QED) is 0.868. The molecule has 24 heavy (non-hydrogen) atoms. The predicted octanol–water partition coefficient (Wildman–Crippen LogP) is 1.72. The van der Waals surface area contributed by atoms with Crippen molar-refractivity contribution < 1.29 is 14.3 Å². The number of anilines is 2. The molecule has 1 fully saturated rings. The Labute approximate surface area is 148 Å². The van der Waals surface area contributed by atoms with Crippen molar-refractivity contribution in [2.75, 3.05) is 36.5 Å². The zero-order valence-corrected chi connectivity index (χ0v) is 14.7. The van der Waals surface area contributed by atoms with E-state index in [0.717, 1.165) is 42.9 Å². The molecule has 0 saturated carbocycles. The molecule has 3 rings (SSSR count). The van der Waals surface area contributed by atoms with Gasteiger partial charge in [-0.05, 0) is 30.5 Å². The maximum atomic E-state index is 12.7. The average Bonchev–Trinajstić information content (AvgIpc) is 2.55. The number of ether oxygens (including phenoxy) is 1. The minimum atomic E-state index is -0.0922. The number of nitrogens with one attached hydrogen (secondary N) is 2. The van der Waals surface area contributed by atoms with Crippen LogP contribution in [-0.2, 0) is 20.7 Å². The number of hydrogen-bond donors (Lipinski definition) is 2. The number of amides is 2. The summed E-state index contributed by atoms with van der Waals surface area (Å²) in [4.78, 5) is 25.9. The summed E-state index contributed by atoms with van der Waals surface area (Å²) in [7, 11) is 0. The number of nitrogens with zero attached hydrogens (tertiary/aromatic N) is 1. The first-order valence-electron chi connectivity index (χ1n) is 8.16. The highest BCUT2D eigenvalue weighted by Crippen LogP contribution is 2.33. The summed E-state index contributed by atoms with van der Waals surface area (Å²) >= 11 is 0. The molecule has 1 aromatic rings. The van der Waals surface area contributed by atoms with Crippen molar-refractivity contribution in [1.82, 2.24) is 5.32 Å². The molecule has 2 amide bonds. The van der Waals surface area contributed by atoms with Crippen molar-refractivity contribution in [3.8, 4) is 0 Å². The molecule has 132 valence electrons. The van der Waals surface area contributed by atoms with E-state index in [2.05, 4.69) is 10.6 Å². The van der Waals surface area contributed by atoms with Crippen molar-refractivity contribution in [2.45, 2.75) is 32.2 Å². The molecular weight excluding hydrogens is 330 g/mol. The number of morpholine rings is 1. The maximum absolute atomic E-state index is 12.7. The van der Waals surface area contributed by atoms with Gasteiger partial charge < -0.3 is 20.3 Å². The van der Waals surface area contributed by atoms with Crippen LogP contribution < -0.4 is 15.5 Å². The van der Waals surface area contributed by atoms with E-state index in [1.165, 1.54) is 6.92 Å². The summed E-state index contributed by atoms with van der Waals surface area (Å²) in [5.41, 5.74) is 2.78. The Hall–Kier alpha value is -1.63. The van der Waals surface area contributed by atoms with Crippen molar-refractivity contribution in [3.05, 3.63) is 23.8 Å². The van der Waals surface area contributed by atoms with E-state index in [9.17, 15) is 9.59 Å². The molecule has 2 heterocycles. The summed E-state index contributed by atoms with van der Waals surface area (Å²) in [6, 6.07) is 5.82. The largest absolute Gasteiger partial charge is 0.378 e. The number of halogens is 1. The predicted molar refractivity (Wildman–Crippen MR) is 95.9 cm³/mol. The minimum Gasteiger partial charge on any atom is -0.378 e. The van der Waals surface area contributed by atoms with Gasteiger partial charge in [0.25, 0.3) is 0 Å². The smallest absolute Gasteiger partial charge is 0.228 e. The molecule has 7 heteroatoms. The first-order chi connectivity index (χ1) is 11.1. The van der Waals surface area contributed by atoms with Gasteiger partial charge in [0.2, 0.25) is 11.8 Å². The van der Waals surface area contributed by atoms with Crippen LogP contribution in [0.5, 0.6) is 0 Å². The third-order valence-electron chi connectivity index (χ3n) is 4.28. The highest BCUT2D eigenvalue weighted by Gasteiger charge is 2.27. The van der Waals surface area contributed by atoms with Crippen molar-refractivity contribution in [1.29, 1.82) is 0 Å². The standard InChI is InChI=1S/C17H23N3O3.ClH/c1-12(21)19-15-5-2-6-16-14(15)4-3-8-20(16)17(22)10-13-11-23-9-7-18-13;/h2,5-6,13,18H,3-4,7-11H2,1H3,(H,19,21);1H. The Morgan fingerprint density at radius 2 is 2.25 bits per heavy atom. The molecule has 0 bridgehead atoms. The number of carbonyl (C=O) groups is 2. The lowest BCUT2D eigenvalue weighted by Crippen LogP contribution is -2.46. The van der Waals surface area contributed by atoms with Gasteiger partial charge >= 0.3 is 0 Å². The Morgan fingerprint density at radius 1 is 1.42 bits per heavy atom. The van der Waals surface area contributed by atoms with Gasteiger partial charge in [-0.2, -0.15) is 0 Å². The molecule has 0 radical (unpaired) electrons. The van der Waals surface area contributed by atoms with Crippen LogP contribution in [0.4, 0.5) is 11.4 Å². The van der Waals surface area contributed by atoms with Crippen LogP contribution in [0.25, 0.3) is 0 Å². The van der Waals surface area contributed by atoms with Crippen LogP contribution in [0, 0.1) is 0 Å². The molecule has 1 atom stereocenters. The van der Waals surface area contributed by atoms with Gasteiger partial charge in [-0.25, -0.2) is 0 Å². The lowest BCUT2D eigenvalue weighted by atomic mass is 9.98. The molecule has 0 aliphatic carbocycles. The molecule has 0 aromatic heterocycles. The van der Waals surface area contributed by atoms with Gasteiger partial charge in [-0.1, -0.05) is 6.07 Å². The summed E-state index contributed by atoms with van der Waals surface area (Å²) in [6.07, 6.45) is 2.22. The fraction of sp³-hybridized carbons (Fsp3) is 0.529. The Bertz CT molecular complexity index is 603. The monoisotopic (exact) mass is 353 g/mol. The number of hydrogen-bond acceptors (Lipinski definition) is 4. The van der Waals surface area contributed by atoms with Gasteiger partial charge in [-0.3, -0.25) is 9.59 Å². The number of rotatable bonds is 3. The molecular formula is C17H24ClN3O3. The first kappa shape index (κ1) is 18.7. The lowest BCUT2D eigenvalue weighted by molar-refractivity contribution is -0.120. The van der Waals surface area contributed by atoms with Gasteiger partial charge in [-0.15, -0.1) is 12.4 Å². The number of carbonyl (C=O) groups excluding carboxylic acids is 2. The maximum Gasteiger partial charge on any atom is 0.228 e. The molecule has 2 aliphatic rings. The van der Waals surface area contributed by atoms with E-state index in [-0.39, 0.29) is 30.3 Å². The van der Waals surface area contributed by atoms with E-state index in [1.54, 1.807) is 0 Å². The van der Waals surface area contributed by atoms with E-state index >= 15 is 0 Å². The third kappa shape index (κ3) is 4.26. The molecule has 2 N–H and O–H groups in total. The van der Waals surface area contributed by atoms with Crippen molar-refractivity contribution in [2.24, 2.45) is 0 Å². The highest BCUT2D eigenvalue weighted by atomic mass is 35.5. The fourth-order valence-electron chi connectivity index (χ4n) is 3.26. The van der Waals surface area contributed by atoms with E-state index in [4.69, 9.17) is 4.74 Å². The van der Waals surface area contributed by atoms with Gasteiger partial charge in [0.05, 0.1) is 13.2 Å². The molecule has 2 aliphatic heterocycles. The van der Waals surface area contributed by atoms with Crippen LogP contribution in [0.2, 0.25) is 0 Å². The second-order valence-corrected chi connectivity index (χ2v) is 6.06. The molecule has 1 unspecified atom stereocenters. The Balaban J connectivity index is 0.00000208. The second kappa shape index (κ2) is 8.46. The highest BCUT2D eigenvalue weighted by molar-refractivity contribution is 5.97. The molecule has 6 nitrogen and oxygen atoms in total. The van der Waals surface area contributed by atoms with Crippen LogP contribution in [0.3, 0.4) is 0 Å². The minimum absolute atomic E-state index is 0. The van der Waals surface area contributed by atoms with E-state index in [1.807, 2.05) is 23.1 Å². The van der Waals surface area contributed by atoms with Gasteiger partial charge in [0, 0.05) is 43.9 Å². The van der Waals surface area contributed by atoms with E-state index in [0.29, 0.717) is 19.6 Å². The zero-order chi connectivity index (χ0) is 16.2. The molecule has 0 spiro atoms. The van der Waals surface area contributed by atoms with Crippen molar-refractivity contribution >= 4 is 35.6 Å². The molecule has 1 aromatic carbocycles. The normalized spacial score (nSPS) is 19.9. The Morgan fingerprint density at radius 3 is 2.96 bits per heavy atom. The SMILES string of the molecule is CC(=O)Nc1cccc2c1CCCN2C(=O)CC1COCCN1.Cl. The fourth-order valence-corrected chi connectivity index (χ4v) is 3.26. The van der Waals surface area contributed by atoms with Crippen molar-refractivity contribution in [3.63, 3.8) is 0 Å². The van der Waals surface area contributed by atoms with Crippen LogP contribution >= 0.6 is 12.4 Å². The summed E-state index contributed by atoms with van der Waals surface area (Å²) < 4.78 is 5.42. The van der Waals surface area contributed by atoms with Gasteiger partial charge in [0.1, 0.15) is 0 Å². The molecule has 1 saturated heterocycles.